The van der Waals surface area contributed by atoms with E-state index in [1.807, 2.05) is 30.8 Å². The lowest BCUT2D eigenvalue weighted by Crippen LogP contribution is -2.31. The zero-order chi connectivity index (χ0) is 16.2. The molecule has 0 radical (unpaired) electrons. The van der Waals surface area contributed by atoms with Gasteiger partial charge in [0.2, 0.25) is 0 Å². The van der Waals surface area contributed by atoms with Crippen LogP contribution in [0.2, 0.25) is 0 Å². The lowest BCUT2D eigenvalue weighted by molar-refractivity contribution is 0.442. The highest BCUT2D eigenvalue weighted by Gasteiger charge is 2.13. The van der Waals surface area contributed by atoms with Gasteiger partial charge >= 0.3 is 0 Å². The number of rotatable bonds is 6. The molecule has 1 N–H and O–H groups in total. The monoisotopic (exact) mass is 315 g/mol. The summed E-state index contributed by atoms with van der Waals surface area (Å²) in [6.07, 6.45) is 3.65. The summed E-state index contributed by atoms with van der Waals surface area (Å²) in [4.78, 5) is 0. The van der Waals surface area contributed by atoms with Crippen molar-refractivity contribution in [2.75, 3.05) is 0 Å². The molecule has 0 bridgehead atoms. The van der Waals surface area contributed by atoms with E-state index in [0.717, 1.165) is 12.1 Å². The number of halogens is 1. The molecular weight excluding hydrogens is 297 g/mol. The fourth-order valence-electron chi connectivity index (χ4n) is 2.31. The quantitative estimate of drug-likeness (QED) is 0.746. The zero-order valence-electron chi connectivity index (χ0n) is 13.0. The Balaban J connectivity index is 1.70. The van der Waals surface area contributed by atoms with Crippen molar-refractivity contribution in [3.8, 4) is 5.69 Å². The minimum Gasteiger partial charge on any atom is -0.305 e. The standard InChI is InChI=1S/C15H18FN7/c1-11-4-5-13(16)14(8-11)23-15(19-20-21-23)9-17-12(2)10-22-7-3-6-18-22/h3-8,12,17H,9-10H2,1-2H3. The fraction of sp³-hybridized carbons (Fsp3) is 0.333. The lowest BCUT2D eigenvalue weighted by atomic mass is 10.2. The molecule has 0 spiro atoms. The first-order chi connectivity index (χ1) is 11.1. The Labute approximate surface area is 133 Å². The van der Waals surface area contributed by atoms with Gasteiger partial charge in [-0.1, -0.05) is 6.07 Å². The number of hydrogen-bond acceptors (Lipinski definition) is 5. The number of nitrogens with one attached hydrogen (secondary N) is 1. The molecule has 0 saturated heterocycles. The molecule has 1 atom stereocenters. The van der Waals surface area contributed by atoms with Crippen molar-refractivity contribution >= 4 is 0 Å². The van der Waals surface area contributed by atoms with Crippen LogP contribution in [0, 0.1) is 12.7 Å². The van der Waals surface area contributed by atoms with Crippen molar-refractivity contribution in [3.05, 3.63) is 53.9 Å². The van der Waals surface area contributed by atoms with Crippen molar-refractivity contribution in [1.82, 2.24) is 35.3 Å². The van der Waals surface area contributed by atoms with Crippen LogP contribution in [0.5, 0.6) is 0 Å². The topological polar surface area (TPSA) is 73.5 Å². The van der Waals surface area contributed by atoms with E-state index < -0.39 is 0 Å². The minimum atomic E-state index is -0.353. The van der Waals surface area contributed by atoms with Crippen LogP contribution in [-0.4, -0.2) is 36.0 Å². The first kappa shape index (κ1) is 15.3. The van der Waals surface area contributed by atoms with E-state index in [9.17, 15) is 4.39 Å². The number of benzene rings is 1. The predicted octanol–water partition coefficient (Wildman–Crippen LogP) is 1.48. The Bertz CT molecular complexity index is 766. The van der Waals surface area contributed by atoms with Gasteiger partial charge in [-0.15, -0.1) is 5.10 Å². The average molecular weight is 315 g/mol. The van der Waals surface area contributed by atoms with E-state index in [4.69, 9.17) is 0 Å². The maximum atomic E-state index is 14.0. The third-order valence-corrected chi connectivity index (χ3v) is 3.49. The maximum Gasteiger partial charge on any atom is 0.170 e. The molecule has 3 rings (SSSR count). The van der Waals surface area contributed by atoms with Crippen LogP contribution in [0.25, 0.3) is 5.69 Å². The predicted molar refractivity (Wildman–Crippen MR) is 82.4 cm³/mol. The number of tetrazole rings is 1. The molecule has 120 valence electrons. The first-order valence-electron chi connectivity index (χ1n) is 7.38. The van der Waals surface area contributed by atoms with E-state index >= 15 is 0 Å². The number of hydrogen-bond donors (Lipinski definition) is 1. The summed E-state index contributed by atoms with van der Waals surface area (Å²) in [6, 6.07) is 6.91. The molecule has 1 unspecified atom stereocenters. The summed E-state index contributed by atoms with van der Waals surface area (Å²) >= 11 is 0. The summed E-state index contributed by atoms with van der Waals surface area (Å²) in [6.45, 7) is 5.11. The highest BCUT2D eigenvalue weighted by molar-refractivity contribution is 5.36. The zero-order valence-corrected chi connectivity index (χ0v) is 13.0. The molecule has 3 aromatic rings. The Morgan fingerprint density at radius 1 is 1.35 bits per heavy atom. The van der Waals surface area contributed by atoms with Gasteiger partial charge in [0.25, 0.3) is 0 Å². The largest absolute Gasteiger partial charge is 0.305 e. The average Bonchev–Trinajstić information content (AvgIpc) is 3.19. The van der Waals surface area contributed by atoms with Crippen molar-refractivity contribution in [2.45, 2.75) is 33.0 Å². The van der Waals surface area contributed by atoms with E-state index in [-0.39, 0.29) is 11.9 Å². The minimum absolute atomic E-state index is 0.169. The second kappa shape index (κ2) is 6.66. The molecule has 2 aromatic heterocycles. The van der Waals surface area contributed by atoms with Crippen LogP contribution in [0.1, 0.15) is 18.3 Å². The van der Waals surface area contributed by atoms with Crippen LogP contribution in [0.3, 0.4) is 0 Å². The van der Waals surface area contributed by atoms with Crippen LogP contribution < -0.4 is 5.32 Å². The third kappa shape index (κ3) is 3.59. The van der Waals surface area contributed by atoms with E-state index in [1.165, 1.54) is 10.7 Å². The van der Waals surface area contributed by atoms with Crippen molar-refractivity contribution in [1.29, 1.82) is 0 Å². The van der Waals surface area contributed by atoms with Crippen molar-refractivity contribution in [2.24, 2.45) is 0 Å². The normalized spacial score (nSPS) is 12.5. The van der Waals surface area contributed by atoms with E-state index in [2.05, 4.69) is 25.9 Å². The van der Waals surface area contributed by atoms with Gasteiger partial charge in [0.15, 0.2) is 5.82 Å². The number of aryl methyl sites for hydroxylation is 1. The molecule has 8 heteroatoms. The van der Waals surface area contributed by atoms with Gasteiger partial charge in [0, 0.05) is 18.4 Å². The molecule has 23 heavy (non-hydrogen) atoms. The number of nitrogens with zero attached hydrogens (tertiary/aromatic N) is 6. The summed E-state index contributed by atoms with van der Waals surface area (Å²) in [5, 5.41) is 19.0. The third-order valence-electron chi connectivity index (χ3n) is 3.49. The summed E-state index contributed by atoms with van der Waals surface area (Å²) in [5.41, 5.74) is 1.30. The van der Waals surface area contributed by atoms with Crippen molar-refractivity contribution < 1.29 is 4.39 Å². The Morgan fingerprint density at radius 3 is 3.00 bits per heavy atom. The molecule has 0 fully saturated rings. The fourth-order valence-corrected chi connectivity index (χ4v) is 2.31. The molecule has 0 aliphatic rings. The van der Waals surface area contributed by atoms with E-state index in [0.29, 0.717) is 18.1 Å². The lowest BCUT2D eigenvalue weighted by Gasteiger charge is -2.14. The molecule has 0 aliphatic carbocycles. The van der Waals surface area contributed by atoms with Gasteiger partial charge in [-0.2, -0.15) is 9.78 Å². The summed E-state index contributed by atoms with van der Waals surface area (Å²) in [7, 11) is 0. The highest BCUT2D eigenvalue weighted by Crippen LogP contribution is 2.15. The molecule has 1 aromatic carbocycles. The van der Waals surface area contributed by atoms with Gasteiger partial charge < -0.3 is 5.32 Å². The van der Waals surface area contributed by atoms with Gasteiger partial charge in [-0.3, -0.25) is 4.68 Å². The smallest absolute Gasteiger partial charge is 0.170 e. The first-order valence-corrected chi connectivity index (χ1v) is 7.38. The van der Waals surface area contributed by atoms with Crippen LogP contribution in [0.15, 0.2) is 36.7 Å². The Hall–Kier alpha value is -2.61. The SMILES string of the molecule is Cc1ccc(F)c(-n2nnnc2CNC(C)Cn2cccn2)c1. The van der Waals surface area contributed by atoms with E-state index in [1.54, 1.807) is 18.3 Å². The second-order valence-electron chi connectivity index (χ2n) is 5.47. The maximum absolute atomic E-state index is 14.0. The summed E-state index contributed by atoms with van der Waals surface area (Å²) < 4.78 is 17.3. The molecule has 0 saturated carbocycles. The Morgan fingerprint density at radius 2 is 2.22 bits per heavy atom. The Kier molecular flexibility index (Phi) is 4.42. The van der Waals surface area contributed by atoms with Gasteiger partial charge in [0.05, 0.1) is 13.1 Å². The second-order valence-corrected chi connectivity index (χ2v) is 5.47. The van der Waals surface area contributed by atoms with Gasteiger partial charge in [-0.25, -0.2) is 4.39 Å². The van der Waals surface area contributed by atoms with Gasteiger partial charge in [-0.05, 0) is 48.0 Å². The molecule has 0 aliphatic heterocycles. The molecule has 0 amide bonds. The number of aromatic nitrogens is 6. The van der Waals surface area contributed by atoms with Crippen LogP contribution in [-0.2, 0) is 13.1 Å². The molecule has 2 heterocycles. The molecule has 7 nitrogen and oxygen atoms in total. The van der Waals surface area contributed by atoms with Gasteiger partial charge in [0.1, 0.15) is 11.5 Å². The summed E-state index contributed by atoms with van der Waals surface area (Å²) in [5.74, 6) is 0.204. The van der Waals surface area contributed by atoms with Crippen LogP contribution >= 0.6 is 0 Å². The highest BCUT2D eigenvalue weighted by atomic mass is 19.1. The van der Waals surface area contributed by atoms with Crippen molar-refractivity contribution in [3.63, 3.8) is 0 Å². The molecular formula is C15H18FN7. The van der Waals surface area contributed by atoms with Crippen LogP contribution in [0.4, 0.5) is 4.39 Å².